The van der Waals surface area contributed by atoms with Crippen molar-refractivity contribution in [2.75, 3.05) is 27.2 Å². The Morgan fingerprint density at radius 3 is 2.86 bits per heavy atom. The van der Waals surface area contributed by atoms with Crippen LogP contribution in [0.2, 0.25) is 0 Å². The molecule has 0 aliphatic heterocycles. The Hall–Kier alpha value is -1.85. The Bertz CT molecular complexity index is 632. The lowest BCUT2D eigenvalue weighted by Crippen LogP contribution is -2.47. The van der Waals surface area contributed by atoms with Crippen molar-refractivity contribution >= 4 is 16.8 Å². The van der Waals surface area contributed by atoms with E-state index in [-0.39, 0.29) is 12.5 Å². The monoisotopic (exact) mass is 303 g/mol. The minimum atomic E-state index is -0.913. The van der Waals surface area contributed by atoms with Crippen LogP contribution in [0.25, 0.3) is 10.9 Å². The van der Waals surface area contributed by atoms with E-state index in [1.54, 1.807) is 6.92 Å². The highest BCUT2D eigenvalue weighted by Gasteiger charge is 2.21. The molecule has 3 N–H and O–H groups in total. The number of H-pyrrole nitrogens is 1. The number of aryl methyl sites for hydroxylation is 1. The van der Waals surface area contributed by atoms with Crippen LogP contribution >= 0.6 is 0 Å². The van der Waals surface area contributed by atoms with Crippen molar-refractivity contribution < 1.29 is 9.90 Å². The number of aromatic amines is 1. The number of carbonyl (C=O) groups excluding carboxylic acids is 1. The molecule has 22 heavy (non-hydrogen) atoms. The Balaban J connectivity index is 1.80. The number of aromatic nitrogens is 1. The van der Waals surface area contributed by atoms with E-state index >= 15 is 0 Å². The van der Waals surface area contributed by atoms with Crippen LogP contribution in [-0.4, -0.2) is 53.7 Å². The van der Waals surface area contributed by atoms with Gasteiger partial charge in [0.05, 0.1) is 5.60 Å². The van der Waals surface area contributed by atoms with Crippen LogP contribution in [-0.2, 0) is 11.2 Å². The molecule has 0 aliphatic rings. The van der Waals surface area contributed by atoms with E-state index < -0.39 is 5.60 Å². The first-order valence-corrected chi connectivity index (χ1v) is 7.55. The average molecular weight is 303 g/mol. The van der Waals surface area contributed by atoms with Crippen molar-refractivity contribution in [3.63, 3.8) is 0 Å². The maximum absolute atomic E-state index is 11.9. The molecule has 0 radical (unpaired) electrons. The molecule has 5 heteroatoms. The molecule has 5 nitrogen and oxygen atoms in total. The zero-order valence-corrected chi connectivity index (χ0v) is 13.5. The van der Waals surface area contributed by atoms with E-state index in [0.29, 0.717) is 19.4 Å². The second-order valence-electron chi connectivity index (χ2n) is 6.41. The van der Waals surface area contributed by atoms with Gasteiger partial charge in [-0.25, -0.2) is 0 Å². The van der Waals surface area contributed by atoms with Crippen LogP contribution < -0.4 is 5.32 Å². The Morgan fingerprint density at radius 1 is 1.36 bits per heavy atom. The van der Waals surface area contributed by atoms with Crippen molar-refractivity contribution in [2.45, 2.75) is 25.4 Å². The lowest BCUT2D eigenvalue weighted by molar-refractivity contribution is -0.122. The molecule has 0 fully saturated rings. The minimum Gasteiger partial charge on any atom is -0.387 e. The Morgan fingerprint density at radius 2 is 2.14 bits per heavy atom. The number of fused-ring (bicyclic) bond motifs is 1. The molecule has 0 spiro atoms. The summed E-state index contributed by atoms with van der Waals surface area (Å²) in [6.45, 7) is 2.51. The first-order chi connectivity index (χ1) is 10.4. The molecule has 1 unspecified atom stereocenters. The number of amides is 1. The van der Waals surface area contributed by atoms with Gasteiger partial charge >= 0.3 is 0 Å². The molecule has 1 amide bonds. The quantitative estimate of drug-likeness (QED) is 0.726. The lowest BCUT2D eigenvalue weighted by atomic mass is 10.1. The highest BCUT2D eigenvalue weighted by atomic mass is 16.3. The van der Waals surface area contributed by atoms with Crippen LogP contribution in [0.15, 0.2) is 30.5 Å². The summed E-state index contributed by atoms with van der Waals surface area (Å²) < 4.78 is 0. The van der Waals surface area contributed by atoms with Crippen LogP contribution in [0.5, 0.6) is 0 Å². The third-order valence-corrected chi connectivity index (χ3v) is 3.58. The number of carbonyl (C=O) groups is 1. The number of benzene rings is 1. The van der Waals surface area contributed by atoms with Crippen LogP contribution in [0, 0.1) is 0 Å². The van der Waals surface area contributed by atoms with Gasteiger partial charge in [-0.3, -0.25) is 4.79 Å². The summed E-state index contributed by atoms with van der Waals surface area (Å²) in [4.78, 5) is 17.0. The first kappa shape index (κ1) is 16.5. The smallest absolute Gasteiger partial charge is 0.220 e. The van der Waals surface area contributed by atoms with Gasteiger partial charge in [0.15, 0.2) is 0 Å². The summed E-state index contributed by atoms with van der Waals surface area (Å²) in [6.07, 6.45) is 3.03. The normalized spacial score (nSPS) is 14.2. The molecule has 0 aliphatic carbocycles. The Labute approximate surface area is 131 Å². The highest BCUT2D eigenvalue weighted by Crippen LogP contribution is 2.15. The third kappa shape index (κ3) is 4.86. The second kappa shape index (κ2) is 6.94. The number of nitrogens with zero attached hydrogens (tertiary/aromatic N) is 1. The SMILES string of the molecule is CN(C)CC(C)(O)CNC(=O)CCc1ccc2[nH]ccc2c1. The predicted octanol–water partition coefficient (Wildman–Crippen LogP) is 1.53. The van der Waals surface area contributed by atoms with Gasteiger partial charge in [0, 0.05) is 31.2 Å². The van der Waals surface area contributed by atoms with E-state index in [1.807, 2.05) is 43.4 Å². The summed E-state index contributed by atoms with van der Waals surface area (Å²) in [5, 5.41) is 14.1. The summed E-state index contributed by atoms with van der Waals surface area (Å²) in [7, 11) is 3.79. The fourth-order valence-electron chi connectivity index (χ4n) is 2.63. The van der Waals surface area contributed by atoms with Gasteiger partial charge in [-0.05, 0) is 56.6 Å². The van der Waals surface area contributed by atoms with Crippen molar-refractivity contribution in [3.05, 3.63) is 36.0 Å². The predicted molar refractivity (Wildman–Crippen MR) is 88.8 cm³/mol. The van der Waals surface area contributed by atoms with E-state index in [9.17, 15) is 9.90 Å². The van der Waals surface area contributed by atoms with Gasteiger partial charge in [0.1, 0.15) is 0 Å². The molecule has 1 heterocycles. The zero-order chi connectivity index (χ0) is 16.2. The van der Waals surface area contributed by atoms with Crippen molar-refractivity contribution in [2.24, 2.45) is 0 Å². The first-order valence-electron chi connectivity index (χ1n) is 7.55. The molecule has 0 bridgehead atoms. The van der Waals surface area contributed by atoms with Crippen LogP contribution in [0.4, 0.5) is 0 Å². The van der Waals surface area contributed by atoms with E-state index in [1.165, 1.54) is 0 Å². The summed E-state index contributed by atoms with van der Waals surface area (Å²) in [5.41, 5.74) is 1.33. The largest absolute Gasteiger partial charge is 0.387 e. The van der Waals surface area contributed by atoms with Gasteiger partial charge in [-0.15, -0.1) is 0 Å². The van der Waals surface area contributed by atoms with Gasteiger partial charge in [-0.1, -0.05) is 6.07 Å². The number of hydrogen-bond donors (Lipinski definition) is 3. The van der Waals surface area contributed by atoms with Crippen LogP contribution in [0.3, 0.4) is 0 Å². The molecular formula is C17H25N3O2. The fourth-order valence-corrected chi connectivity index (χ4v) is 2.63. The van der Waals surface area contributed by atoms with Crippen molar-refractivity contribution in [1.82, 2.24) is 15.2 Å². The fraction of sp³-hybridized carbons (Fsp3) is 0.471. The number of nitrogens with one attached hydrogen (secondary N) is 2. The van der Waals surface area contributed by atoms with Crippen molar-refractivity contribution in [3.8, 4) is 0 Å². The van der Waals surface area contributed by atoms with Gasteiger partial charge in [0.2, 0.25) is 5.91 Å². The summed E-state index contributed by atoms with van der Waals surface area (Å²) in [6, 6.07) is 8.19. The van der Waals surface area contributed by atoms with Gasteiger partial charge in [-0.2, -0.15) is 0 Å². The third-order valence-electron chi connectivity index (χ3n) is 3.58. The molecule has 1 atom stereocenters. The van der Waals surface area contributed by atoms with E-state index in [2.05, 4.69) is 16.4 Å². The van der Waals surface area contributed by atoms with Gasteiger partial charge < -0.3 is 20.3 Å². The lowest BCUT2D eigenvalue weighted by Gasteiger charge is -2.27. The number of rotatable bonds is 7. The number of likely N-dealkylation sites (N-methyl/N-ethyl adjacent to an activating group) is 1. The molecule has 0 saturated carbocycles. The van der Waals surface area contributed by atoms with E-state index in [4.69, 9.17) is 0 Å². The molecule has 1 aromatic heterocycles. The van der Waals surface area contributed by atoms with Crippen molar-refractivity contribution in [1.29, 1.82) is 0 Å². The Kier molecular flexibility index (Phi) is 5.21. The summed E-state index contributed by atoms with van der Waals surface area (Å²) in [5.74, 6) is -0.0341. The zero-order valence-electron chi connectivity index (χ0n) is 13.5. The standard InChI is InChI=1S/C17H25N3O2/c1-17(22,12-20(2)3)11-19-16(21)7-5-13-4-6-15-14(10-13)8-9-18-15/h4,6,8-10,18,22H,5,7,11-12H2,1-3H3,(H,19,21). The molecule has 1 aromatic carbocycles. The maximum atomic E-state index is 11.9. The van der Waals surface area contributed by atoms with Crippen LogP contribution in [0.1, 0.15) is 18.9 Å². The molecule has 120 valence electrons. The number of hydrogen-bond acceptors (Lipinski definition) is 3. The van der Waals surface area contributed by atoms with Gasteiger partial charge in [0.25, 0.3) is 0 Å². The molecule has 2 aromatic rings. The summed E-state index contributed by atoms with van der Waals surface area (Å²) >= 11 is 0. The molecule has 2 rings (SSSR count). The molecular weight excluding hydrogens is 278 g/mol. The average Bonchev–Trinajstić information content (AvgIpc) is 2.89. The maximum Gasteiger partial charge on any atom is 0.220 e. The minimum absolute atomic E-state index is 0.0341. The van der Waals surface area contributed by atoms with E-state index in [0.717, 1.165) is 16.5 Å². The molecule has 0 saturated heterocycles. The highest BCUT2D eigenvalue weighted by molar-refractivity contribution is 5.80. The number of aliphatic hydroxyl groups is 1. The topological polar surface area (TPSA) is 68.4 Å². The second-order valence-corrected chi connectivity index (χ2v) is 6.41.